The van der Waals surface area contributed by atoms with Crippen LogP contribution in [0, 0.1) is 0 Å². The van der Waals surface area contributed by atoms with Crippen LogP contribution >= 0.6 is 11.8 Å². The molecule has 1 heterocycles. The Bertz CT molecular complexity index is 1080. The average Bonchev–Trinajstić information content (AvgIpc) is 2.77. The molecule has 3 aromatic rings. The van der Waals surface area contributed by atoms with Crippen LogP contribution in [0.4, 0.5) is 24.9 Å². The van der Waals surface area contributed by atoms with E-state index in [0.717, 1.165) is 48.0 Å². The summed E-state index contributed by atoms with van der Waals surface area (Å²) < 4.78 is 37.8. The van der Waals surface area contributed by atoms with Gasteiger partial charge in [-0.25, -0.2) is 4.98 Å². The lowest BCUT2D eigenvalue weighted by Gasteiger charge is -2.30. The van der Waals surface area contributed by atoms with Crippen molar-refractivity contribution in [1.82, 2.24) is 15.3 Å². The van der Waals surface area contributed by atoms with Gasteiger partial charge in [-0.1, -0.05) is 31.7 Å². The molecular weight excluding hydrogens is 459 g/mol. The molecule has 2 N–H and O–H groups in total. The summed E-state index contributed by atoms with van der Waals surface area (Å²) in [4.78, 5) is 11.6. The van der Waals surface area contributed by atoms with Crippen molar-refractivity contribution < 1.29 is 13.2 Å². The number of hydrogen-bond acceptors (Lipinski definition) is 6. The van der Waals surface area contributed by atoms with E-state index in [1.54, 1.807) is 12.1 Å². The normalized spacial score (nSPS) is 18.4. The predicted molar refractivity (Wildman–Crippen MR) is 135 cm³/mol. The van der Waals surface area contributed by atoms with E-state index in [4.69, 9.17) is 9.97 Å². The van der Waals surface area contributed by atoms with Gasteiger partial charge in [0.25, 0.3) is 0 Å². The van der Waals surface area contributed by atoms with Crippen molar-refractivity contribution >= 4 is 34.4 Å². The van der Waals surface area contributed by atoms with Crippen LogP contribution in [0.3, 0.4) is 0 Å². The molecule has 0 spiro atoms. The number of aromatic nitrogens is 2. The third-order valence-electron chi connectivity index (χ3n) is 5.79. The highest BCUT2D eigenvalue weighted by atomic mass is 32.2. The van der Waals surface area contributed by atoms with Crippen molar-refractivity contribution in [2.24, 2.45) is 0 Å². The lowest BCUT2D eigenvalue weighted by molar-refractivity contribution is -0.0328. The highest BCUT2D eigenvalue weighted by molar-refractivity contribution is 8.00. The number of nitrogens with one attached hydrogen (secondary N) is 2. The van der Waals surface area contributed by atoms with Crippen LogP contribution in [0.25, 0.3) is 10.9 Å². The Morgan fingerprint density at radius 2 is 1.68 bits per heavy atom. The summed E-state index contributed by atoms with van der Waals surface area (Å²) in [6.45, 7) is 0.564. The molecule has 1 fully saturated rings. The van der Waals surface area contributed by atoms with Gasteiger partial charge < -0.3 is 15.5 Å². The highest BCUT2D eigenvalue weighted by Gasteiger charge is 2.29. The molecule has 9 heteroatoms. The number of halogens is 3. The Labute approximate surface area is 203 Å². The molecular formula is C25H32F3N5S. The van der Waals surface area contributed by atoms with Crippen molar-refractivity contribution in [2.75, 3.05) is 24.3 Å². The standard InChI is InChI=1S/C24H28F3N5S.CH4/c1-32(2)22-20-8-3-4-9-21(20)30-23(31-22)29-18-12-10-17(11-13-18)28-15-16-6-5-7-19(14-16)33-24(25,26)27;/h3-9,14,17-18,28H,10-13,15H2,1-2H3,(H,29,30,31);1H4. The Morgan fingerprint density at radius 1 is 0.971 bits per heavy atom. The average molecular weight is 492 g/mol. The van der Waals surface area contributed by atoms with E-state index < -0.39 is 5.51 Å². The molecule has 184 valence electrons. The van der Waals surface area contributed by atoms with Crippen LogP contribution in [0.15, 0.2) is 53.4 Å². The van der Waals surface area contributed by atoms with Gasteiger partial charge in [-0.05, 0) is 67.3 Å². The summed E-state index contributed by atoms with van der Waals surface area (Å²) in [7, 11) is 3.96. The van der Waals surface area contributed by atoms with E-state index in [1.165, 1.54) is 6.07 Å². The SMILES string of the molecule is C.CN(C)c1nc(NC2CCC(NCc3cccc(SC(F)(F)F)c3)CC2)nc2ccccc12. The second-order valence-corrected chi connectivity index (χ2v) is 9.69. The zero-order valence-corrected chi connectivity index (χ0v) is 19.5. The maximum absolute atomic E-state index is 12.6. The van der Waals surface area contributed by atoms with Gasteiger partial charge >= 0.3 is 5.51 Å². The molecule has 5 nitrogen and oxygen atoms in total. The molecule has 0 radical (unpaired) electrons. The molecule has 1 aromatic heterocycles. The Kier molecular flexibility index (Phi) is 8.65. The van der Waals surface area contributed by atoms with E-state index in [0.29, 0.717) is 24.6 Å². The second kappa shape index (κ2) is 11.3. The number of alkyl halides is 3. The topological polar surface area (TPSA) is 53.1 Å². The maximum atomic E-state index is 12.6. The zero-order valence-electron chi connectivity index (χ0n) is 18.7. The molecule has 0 atom stereocenters. The third kappa shape index (κ3) is 6.99. The number of anilines is 2. The van der Waals surface area contributed by atoms with Gasteiger partial charge in [0, 0.05) is 43.0 Å². The molecule has 0 aliphatic heterocycles. The summed E-state index contributed by atoms with van der Waals surface area (Å²) in [6.07, 6.45) is 3.94. The molecule has 1 aliphatic carbocycles. The highest BCUT2D eigenvalue weighted by Crippen LogP contribution is 2.37. The monoisotopic (exact) mass is 491 g/mol. The van der Waals surface area contributed by atoms with Gasteiger partial charge in [0.05, 0.1) is 5.52 Å². The molecule has 0 bridgehead atoms. The summed E-state index contributed by atoms with van der Waals surface area (Å²) >= 11 is -0.0701. The number of fused-ring (bicyclic) bond motifs is 1. The zero-order chi connectivity index (χ0) is 23.4. The van der Waals surface area contributed by atoms with E-state index in [9.17, 15) is 13.2 Å². The van der Waals surface area contributed by atoms with Crippen LogP contribution in [-0.2, 0) is 6.54 Å². The van der Waals surface area contributed by atoms with Crippen LogP contribution in [0.5, 0.6) is 0 Å². The first kappa shape index (κ1) is 26.1. The molecule has 4 rings (SSSR count). The van der Waals surface area contributed by atoms with Crippen molar-refractivity contribution in [2.45, 2.75) is 62.1 Å². The number of benzene rings is 2. The van der Waals surface area contributed by atoms with Crippen LogP contribution < -0.4 is 15.5 Å². The van der Waals surface area contributed by atoms with Crippen molar-refractivity contribution in [3.8, 4) is 0 Å². The first-order valence-electron chi connectivity index (χ1n) is 11.1. The second-order valence-electron chi connectivity index (χ2n) is 8.55. The van der Waals surface area contributed by atoms with Gasteiger partial charge in [-0.3, -0.25) is 0 Å². The van der Waals surface area contributed by atoms with Crippen molar-refractivity contribution in [3.05, 3.63) is 54.1 Å². The minimum Gasteiger partial charge on any atom is -0.362 e. The number of thioether (sulfide) groups is 1. The molecule has 0 unspecified atom stereocenters. The quantitative estimate of drug-likeness (QED) is 0.370. The summed E-state index contributed by atoms with van der Waals surface area (Å²) in [6, 6.07) is 15.3. The van der Waals surface area contributed by atoms with Gasteiger partial charge in [0.2, 0.25) is 5.95 Å². The van der Waals surface area contributed by atoms with Crippen LogP contribution in [-0.4, -0.2) is 41.7 Å². The molecule has 1 saturated carbocycles. The first-order valence-corrected chi connectivity index (χ1v) is 11.9. The smallest absolute Gasteiger partial charge is 0.362 e. The van der Waals surface area contributed by atoms with Gasteiger partial charge in [0.15, 0.2) is 0 Å². The van der Waals surface area contributed by atoms with Crippen molar-refractivity contribution in [3.63, 3.8) is 0 Å². The van der Waals surface area contributed by atoms with Gasteiger partial charge in [-0.2, -0.15) is 18.2 Å². The fraction of sp³-hybridized carbons (Fsp3) is 0.440. The minimum absolute atomic E-state index is 0. The third-order valence-corrected chi connectivity index (χ3v) is 6.52. The van der Waals surface area contributed by atoms with E-state index in [-0.39, 0.29) is 24.1 Å². The fourth-order valence-electron chi connectivity index (χ4n) is 4.20. The lowest BCUT2D eigenvalue weighted by Crippen LogP contribution is -2.37. The molecule has 0 amide bonds. The molecule has 2 aromatic carbocycles. The maximum Gasteiger partial charge on any atom is 0.446 e. The van der Waals surface area contributed by atoms with E-state index in [2.05, 4.69) is 10.6 Å². The van der Waals surface area contributed by atoms with Gasteiger partial charge in [-0.15, -0.1) is 0 Å². The lowest BCUT2D eigenvalue weighted by atomic mass is 9.91. The Hall–Kier alpha value is -2.52. The molecule has 0 saturated heterocycles. The van der Waals surface area contributed by atoms with Crippen LogP contribution in [0.1, 0.15) is 38.7 Å². The largest absolute Gasteiger partial charge is 0.446 e. The number of rotatable bonds is 7. The number of hydrogen-bond donors (Lipinski definition) is 2. The predicted octanol–water partition coefficient (Wildman–Crippen LogP) is 6.46. The summed E-state index contributed by atoms with van der Waals surface area (Å²) in [5, 5.41) is 8.04. The Morgan fingerprint density at radius 3 is 2.38 bits per heavy atom. The molecule has 34 heavy (non-hydrogen) atoms. The fourth-order valence-corrected chi connectivity index (χ4v) is 4.83. The summed E-state index contributed by atoms with van der Waals surface area (Å²) in [5.41, 5.74) is -2.48. The van der Waals surface area contributed by atoms with Gasteiger partial charge in [0.1, 0.15) is 5.82 Å². The van der Waals surface area contributed by atoms with E-state index >= 15 is 0 Å². The first-order chi connectivity index (χ1) is 15.8. The van der Waals surface area contributed by atoms with Crippen LogP contribution in [0.2, 0.25) is 0 Å². The van der Waals surface area contributed by atoms with Crippen molar-refractivity contribution in [1.29, 1.82) is 0 Å². The Balaban J connectivity index is 0.00000324. The minimum atomic E-state index is -4.26. The summed E-state index contributed by atoms with van der Waals surface area (Å²) in [5.74, 6) is 1.54. The number of para-hydroxylation sites is 1. The molecule has 1 aliphatic rings. The van der Waals surface area contributed by atoms with E-state index in [1.807, 2.05) is 49.3 Å². The number of nitrogens with zero attached hydrogens (tertiary/aromatic N) is 3.